The Morgan fingerprint density at radius 1 is 1.19 bits per heavy atom. The van der Waals surface area contributed by atoms with Gasteiger partial charge in [0, 0.05) is 19.6 Å². The van der Waals surface area contributed by atoms with Gasteiger partial charge in [0.2, 0.25) is 10.0 Å². The van der Waals surface area contributed by atoms with Crippen molar-refractivity contribution in [1.82, 2.24) is 19.2 Å². The molecule has 3 aromatic rings. The van der Waals surface area contributed by atoms with Crippen molar-refractivity contribution in [2.75, 3.05) is 19.6 Å². The second-order valence-electron chi connectivity index (χ2n) is 7.60. The number of hydrogen-bond acceptors (Lipinski definition) is 5. The first-order valence-corrected chi connectivity index (χ1v) is 12.2. The van der Waals surface area contributed by atoms with Crippen LogP contribution in [0.2, 0.25) is 5.02 Å². The topological polar surface area (TPSA) is 103 Å². The van der Waals surface area contributed by atoms with E-state index in [1.807, 2.05) is 0 Å². The van der Waals surface area contributed by atoms with E-state index < -0.39 is 15.9 Å². The van der Waals surface area contributed by atoms with Gasteiger partial charge in [0.15, 0.2) is 0 Å². The van der Waals surface area contributed by atoms with Crippen LogP contribution in [0.25, 0.3) is 10.9 Å². The van der Waals surface area contributed by atoms with Crippen molar-refractivity contribution in [3.63, 3.8) is 0 Å². The van der Waals surface area contributed by atoms with Crippen LogP contribution in [-0.2, 0) is 16.6 Å². The molecule has 1 saturated heterocycles. The summed E-state index contributed by atoms with van der Waals surface area (Å²) in [4.78, 5) is 34.3. The highest BCUT2D eigenvalue weighted by atomic mass is 35.5. The Morgan fingerprint density at radius 3 is 2.62 bits per heavy atom. The first-order valence-electron chi connectivity index (χ1n) is 10.4. The highest BCUT2D eigenvalue weighted by Gasteiger charge is 2.29. The average Bonchev–Trinajstić information content (AvgIpc) is 3.33. The number of hydrogen-bond donors (Lipinski definition) is 1. The maximum atomic E-state index is 13.3. The molecule has 1 fully saturated rings. The van der Waals surface area contributed by atoms with Crippen LogP contribution in [0.3, 0.4) is 0 Å². The third-order valence-corrected chi connectivity index (χ3v) is 7.77. The third-order valence-electron chi connectivity index (χ3n) is 5.54. The maximum absolute atomic E-state index is 13.3. The Kier molecular flexibility index (Phi) is 6.32. The largest absolute Gasteiger partial charge is 0.331 e. The van der Waals surface area contributed by atoms with Gasteiger partial charge in [-0.25, -0.2) is 13.4 Å². The second kappa shape index (κ2) is 9.01. The number of rotatable bonds is 6. The van der Waals surface area contributed by atoms with E-state index in [1.54, 1.807) is 31.2 Å². The van der Waals surface area contributed by atoms with Gasteiger partial charge in [-0.2, -0.15) is 4.31 Å². The van der Waals surface area contributed by atoms with Gasteiger partial charge in [-0.15, -0.1) is 0 Å². The molecule has 2 heterocycles. The minimum Gasteiger partial charge on any atom is -0.331 e. The number of aromatic amines is 1. The first kappa shape index (κ1) is 22.4. The van der Waals surface area contributed by atoms with Crippen LogP contribution in [0, 0.1) is 0 Å². The Hall–Kier alpha value is -2.75. The predicted molar refractivity (Wildman–Crippen MR) is 122 cm³/mol. The molecule has 1 aliphatic heterocycles. The summed E-state index contributed by atoms with van der Waals surface area (Å²) < 4.78 is 27.3. The number of nitrogens with one attached hydrogen (secondary N) is 1. The summed E-state index contributed by atoms with van der Waals surface area (Å²) in [7, 11) is -3.69. The molecule has 0 atom stereocenters. The zero-order chi connectivity index (χ0) is 22.9. The smallest absolute Gasteiger partial charge is 0.258 e. The zero-order valence-corrected chi connectivity index (χ0v) is 19.1. The molecule has 4 rings (SSSR count). The second-order valence-corrected chi connectivity index (χ2v) is 9.95. The monoisotopic (exact) mass is 474 g/mol. The molecular weight excluding hydrogens is 452 g/mol. The molecule has 32 heavy (non-hydrogen) atoms. The lowest BCUT2D eigenvalue weighted by Crippen LogP contribution is -2.32. The molecule has 1 N–H and O–H groups in total. The summed E-state index contributed by atoms with van der Waals surface area (Å²) in [6.07, 6.45) is 1.64. The Bertz CT molecular complexity index is 1330. The highest BCUT2D eigenvalue weighted by Crippen LogP contribution is 2.26. The van der Waals surface area contributed by atoms with Crippen LogP contribution in [0.15, 0.2) is 52.2 Å². The number of carbonyl (C=O) groups excluding carboxylic acids is 1. The number of sulfonamides is 1. The summed E-state index contributed by atoms with van der Waals surface area (Å²) in [6.45, 7) is 3.09. The van der Waals surface area contributed by atoms with E-state index in [0.29, 0.717) is 36.4 Å². The number of benzene rings is 2. The molecule has 1 aliphatic rings. The van der Waals surface area contributed by atoms with Gasteiger partial charge >= 0.3 is 0 Å². The zero-order valence-electron chi connectivity index (χ0n) is 17.5. The van der Waals surface area contributed by atoms with E-state index in [4.69, 9.17) is 11.6 Å². The van der Waals surface area contributed by atoms with E-state index >= 15 is 0 Å². The molecule has 0 saturated carbocycles. The molecule has 2 aromatic carbocycles. The average molecular weight is 475 g/mol. The molecule has 0 aliphatic carbocycles. The molecule has 168 valence electrons. The number of H-pyrrole nitrogens is 1. The summed E-state index contributed by atoms with van der Waals surface area (Å²) in [6, 6.07) is 11.1. The van der Waals surface area contributed by atoms with Crippen LogP contribution in [0.5, 0.6) is 0 Å². The van der Waals surface area contributed by atoms with Crippen molar-refractivity contribution in [3.8, 4) is 0 Å². The number of para-hydroxylation sites is 1. The number of fused-ring (bicyclic) bond motifs is 1. The number of halogens is 1. The molecule has 10 heteroatoms. The van der Waals surface area contributed by atoms with Gasteiger partial charge in [-0.05, 0) is 50.1 Å². The maximum Gasteiger partial charge on any atom is 0.258 e. The molecule has 1 amide bonds. The van der Waals surface area contributed by atoms with E-state index in [2.05, 4.69) is 9.97 Å². The van der Waals surface area contributed by atoms with Crippen molar-refractivity contribution < 1.29 is 13.2 Å². The van der Waals surface area contributed by atoms with Crippen LogP contribution >= 0.6 is 11.6 Å². The number of nitrogens with zero attached hydrogens (tertiary/aromatic N) is 3. The van der Waals surface area contributed by atoms with Crippen LogP contribution < -0.4 is 5.56 Å². The summed E-state index contributed by atoms with van der Waals surface area (Å²) in [5.41, 5.74) is 0.342. The van der Waals surface area contributed by atoms with Crippen LogP contribution in [0.1, 0.15) is 35.9 Å². The van der Waals surface area contributed by atoms with Gasteiger partial charge < -0.3 is 9.88 Å². The SMILES string of the molecule is CCN(Cc1nc2ccccc2c(=O)[nH]1)C(=O)c1cc(S(=O)(=O)N2CCCC2)ccc1Cl. The molecule has 0 spiro atoms. The summed E-state index contributed by atoms with van der Waals surface area (Å²) in [5.74, 6) is -0.104. The highest BCUT2D eigenvalue weighted by molar-refractivity contribution is 7.89. The first-order chi connectivity index (χ1) is 15.3. The van der Waals surface area contributed by atoms with Gasteiger partial charge in [0.05, 0.1) is 32.9 Å². The Balaban J connectivity index is 1.64. The van der Waals surface area contributed by atoms with E-state index in [9.17, 15) is 18.0 Å². The lowest BCUT2D eigenvalue weighted by atomic mass is 10.2. The summed E-state index contributed by atoms with van der Waals surface area (Å²) in [5, 5.41) is 0.627. The Morgan fingerprint density at radius 2 is 1.91 bits per heavy atom. The van der Waals surface area contributed by atoms with Crippen LogP contribution in [-0.4, -0.2) is 53.1 Å². The molecular formula is C22H23ClN4O4S. The minimum atomic E-state index is -3.69. The van der Waals surface area contributed by atoms with Crippen molar-refractivity contribution in [2.24, 2.45) is 0 Å². The van der Waals surface area contributed by atoms with Gasteiger partial charge in [-0.1, -0.05) is 23.7 Å². The quantitative estimate of drug-likeness (QED) is 0.591. The molecule has 1 aromatic heterocycles. The lowest BCUT2D eigenvalue weighted by molar-refractivity contribution is 0.0748. The van der Waals surface area contributed by atoms with Crippen molar-refractivity contribution >= 4 is 38.4 Å². The fourth-order valence-corrected chi connectivity index (χ4v) is 5.54. The van der Waals surface area contributed by atoms with Crippen LogP contribution in [0.4, 0.5) is 0 Å². The lowest BCUT2D eigenvalue weighted by Gasteiger charge is -2.22. The predicted octanol–water partition coefficient (Wildman–Crippen LogP) is 3.02. The third kappa shape index (κ3) is 4.28. The minimum absolute atomic E-state index is 0.0421. The van der Waals surface area contributed by atoms with Gasteiger partial charge in [-0.3, -0.25) is 9.59 Å². The normalized spacial score (nSPS) is 14.7. The fourth-order valence-electron chi connectivity index (χ4n) is 3.79. The fraction of sp³-hybridized carbons (Fsp3) is 0.318. The Labute approximate surface area is 190 Å². The summed E-state index contributed by atoms with van der Waals surface area (Å²) >= 11 is 6.28. The van der Waals surface area contributed by atoms with E-state index in [0.717, 1.165) is 12.8 Å². The van der Waals surface area contributed by atoms with E-state index in [-0.39, 0.29) is 27.6 Å². The van der Waals surface area contributed by atoms with Crippen molar-refractivity contribution in [1.29, 1.82) is 0 Å². The number of amides is 1. The standard InChI is InChI=1S/C22H23ClN4O4S/c1-2-26(14-20-24-19-8-4-3-7-16(19)21(28)25-20)22(29)17-13-15(9-10-18(17)23)32(30,31)27-11-5-6-12-27/h3-4,7-10,13H,2,5-6,11-12,14H2,1H3,(H,24,25,28). The van der Waals surface area contributed by atoms with Gasteiger partial charge in [0.1, 0.15) is 5.82 Å². The molecule has 0 bridgehead atoms. The van der Waals surface area contributed by atoms with Crippen molar-refractivity contribution in [2.45, 2.75) is 31.2 Å². The number of carbonyl (C=O) groups is 1. The van der Waals surface area contributed by atoms with Gasteiger partial charge in [0.25, 0.3) is 11.5 Å². The molecule has 0 unspecified atom stereocenters. The number of aromatic nitrogens is 2. The molecule has 8 nitrogen and oxygen atoms in total. The van der Waals surface area contributed by atoms with E-state index in [1.165, 1.54) is 27.4 Å². The van der Waals surface area contributed by atoms with Crippen molar-refractivity contribution in [3.05, 3.63) is 69.2 Å². The molecule has 0 radical (unpaired) electrons.